The van der Waals surface area contributed by atoms with Crippen LogP contribution in [0.1, 0.15) is 297 Å². The van der Waals surface area contributed by atoms with Crippen molar-refractivity contribution in [1.29, 1.82) is 0 Å². The SMILES string of the molecule is CC/C=C\C/C=C\C/C=C\C/C=C\CCCCCCCCCCCCCCCCCCC(=O)OCC(COC(=O)CCCCCCC/C=C\CCCCC)OC(=O)CCCCCCC/C=C\C/C=C\CCC. The molecule has 0 aliphatic heterocycles. The minimum Gasteiger partial charge on any atom is -0.462 e. The molecule has 0 fully saturated rings. The Balaban J connectivity index is 4.17. The van der Waals surface area contributed by atoms with Crippen molar-refractivity contribution in [3.8, 4) is 0 Å². The van der Waals surface area contributed by atoms with E-state index in [9.17, 15) is 14.4 Å². The van der Waals surface area contributed by atoms with Gasteiger partial charge in [-0.05, 0) is 109 Å². The maximum atomic E-state index is 12.8. The number of carbonyl (C=O) groups excluding carboxylic acids is 3. The Bertz CT molecular complexity index is 1380. The van der Waals surface area contributed by atoms with Gasteiger partial charge in [0.15, 0.2) is 6.10 Å². The van der Waals surface area contributed by atoms with Crippen molar-refractivity contribution in [3.05, 3.63) is 85.1 Å². The number of ether oxygens (including phenoxy) is 3. The number of allylic oxidation sites excluding steroid dienone is 14. The lowest BCUT2D eigenvalue weighted by atomic mass is 10.0. The summed E-state index contributed by atoms with van der Waals surface area (Å²) in [5.41, 5.74) is 0. The van der Waals surface area contributed by atoms with E-state index in [0.29, 0.717) is 19.3 Å². The van der Waals surface area contributed by atoms with Gasteiger partial charge >= 0.3 is 17.9 Å². The molecule has 0 N–H and O–H groups in total. The molecular formula is C66H114O6. The quantitative estimate of drug-likeness (QED) is 0.0261. The van der Waals surface area contributed by atoms with Crippen LogP contribution < -0.4 is 0 Å². The van der Waals surface area contributed by atoms with Gasteiger partial charge < -0.3 is 14.2 Å². The summed E-state index contributed by atoms with van der Waals surface area (Å²) in [6, 6.07) is 0. The van der Waals surface area contributed by atoms with E-state index in [1.54, 1.807) is 0 Å². The molecule has 0 radical (unpaired) electrons. The minimum atomic E-state index is -0.785. The molecule has 0 aliphatic carbocycles. The maximum absolute atomic E-state index is 12.8. The van der Waals surface area contributed by atoms with Gasteiger partial charge in [0.05, 0.1) is 0 Å². The van der Waals surface area contributed by atoms with Crippen molar-refractivity contribution < 1.29 is 28.6 Å². The second kappa shape index (κ2) is 60.1. The molecule has 0 aromatic heterocycles. The molecule has 6 nitrogen and oxygen atoms in total. The summed E-state index contributed by atoms with van der Waals surface area (Å²) in [4.78, 5) is 38.1. The Morgan fingerprint density at radius 1 is 0.292 bits per heavy atom. The highest BCUT2D eigenvalue weighted by Gasteiger charge is 2.19. The second-order valence-electron chi connectivity index (χ2n) is 20.2. The lowest BCUT2D eigenvalue weighted by molar-refractivity contribution is -0.167. The van der Waals surface area contributed by atoms with Crippen LogP contribution in [0.3, 0.4) is 0 Å². The van der Waals surface area contributed by atoms with Crippen molar-refractivity contribution >= 4 is 17.9 Å². The standard InChI is InChI=1S/C66H114O6/c1-4-7-10-13-16-19-22-25-26-27-28-29-30-31-32-33-34-35-36-37-38-39-40-42-44-47-50-53-56-59-65(68)71-62-63(61-70-64(67)58-55-52-49-46-43-24-21-18-15-12-9-6-3)72-66(69)60-57-54-51-48-45-41-23-20-17-14-11-8-5-2/h7,10-11,14,16,18-21,23,25-26,28-29,63H,4-6,8-9,12-13,15,17,22,24,27,30-62H2,1-3H3/b10-7-,14-11-,19-16-,21-18-,23-20-,26-25-,29-28-. The first-order chi connectivity index (χ1) is 35.5. The molecule has 0 rings (SSSR count). The molecule has 1 unspecified atom stereocenters. The van der Waals surface area contributed by atoms with E-state index < -0.39 is 6.10 Å². The number of hydrogen-bond acceptors (Lipinski definition) is 6. The molecular weight excluding hydrogens is 889 g/mol. The molecule has 414 valence electrons. The van der Waals surface area contributed by atoms with Crippen molar-refractivity contribution in [3.63, 3.8) is 0 Å². The van der Waals surface area contributed by atoms with Gasteiger partial charge in [-0.1, -0.05) is 254 Å². The fraction of sp³-hybridized carbons (Fsp3) is 0.742. The largest absolute Gasteiger partial charge is 0.462 e. The summed E-state index contributed by atoms with van der Waals surface area (Å²) in [6.07, 6.45) is 78.8. The van der Waals surface area contributed by atoms with Gasteiger partial charge in [-0.3, -0.25) is 14.4 Å². The summed E-state index contributed by atoms with van der Waals surface area (Å²) in [6.45, 7) is 6.44. The van der Waals surface area contributed by atoms with Gasteiger partial charge in [-0.25, -0.2) is 0 Å². The van der Waals surface area contributed by atoms with E-state index in [1.165, 1.54) is 135 Å². The average Bonchev–Trinajstić information content (AvgIpc) is 3.38. The predicted octanol–water partition coefficient (Wildman–Crippen LogP) is 20.7. The lowest BCUT2D eigenvalue weighted by Gasteiger charge is -2.18. The number of hydrogen-bond donors (Lipinski definition) is 0. The molecule has 0 saturated carbocycles. The zero-order valence-corrected chi connectivity index (χ0v) is 47.4. The third-order valence-corrected chi connectivity index (χ3v) is 13.1. The zero-order chi connectivity index (χ0) is 52.2. The van der Waals surface area contributed by atoms with Crippen molar-refractivity contribution in [2.75, 3.05) is 13.2 Å². The highest BCUT2D eigenvalue weighted by atomic mass is 16.6. The van der Waals surface area contributed by atoms with Crippen LogP contribution in [-0.2, 0) is 28.6 Å². The molecule has 0 heterocycles. The Kier molecular flexibility index (Phi) is 57.3. The highest BCUT2D eigenvalue weighted by Crippen LogP contribution is 2.16. The molecule has 0 bridgehead atoms. The van der Waals surface area contributed by atoms with Crippen molar-refractivity contribution in [2.24, 2.45) is 0 Å². The van der Waals surface area contributed by atoms with Crippen LogP contribution in [-0.4, -0.2) is 37.2 Å². The monoisotopic (exact) mass is 1000 g/mol. The summed E-state index contributed by atoms with van der Waals surface area (Å²) in [5.74, 6) is -0.899. The van der Waals surface area contributed by atoms with Crippen LogP contribution in [0.15, 0.2) is 85.1 Å². The number of unbranched alkanes of at least 4 members (excludes halogenated alkanes) is 30. The summed E-state index contributed by atoms with van der Waals surface area (Å²) in [7, 11) is 0. The topological polar surface area (TPSA) is 78.9 Å². The molecule has 0 saturated heterocycles. The van der Waals surface area contributed by atoms with Gasteiger partial charge in [-0.2, -0.15) is 0 Å². The molecule has 0 aromatic carbocycles. The molecule has 6 heteroatoms. The molecule has 0 aliphatic rings. The van der Waals surface area contributed by atoms with Gasteiger partial charge in [0, 0.05) is 19.3 Å². The first-order valence-corrected chi connectivity index (χ1v) is 30.6. The zero-order valence-electron chi connectivity index (χ0n) is 47.4. The predicted molar refractivity (Wildman–Crippen MR) is 311 cm³/mol. The van der Waals surface area contributed by atoms with E-state index >= 15 is 0 Å². The smallest absolute Gasteiger partial charge is 0.306 e. The second-order valence-corrected chi connectivity index (χ2v) is 20.2. The maximum Gasteiger partial charge on any atom is 0.306 e. The Morgan fingerprint density at radius 2 is 0.569 bits per heavy atom. The lowest BCUT2D eigenvalue weighted by Crippen LogP contribution is -2.30. The third-order valence-electron chi connectivity index (χ3n) is 13.1. The fourth-order valence-electron chi connectivity index (χ4n) is 8.53. The highest BCUT2D eigenvalue weighted by molar-refractivity contribution is 5.71. The molecule has 0 amide bonds. The van der Waals surface area contributed by atoms with Gasteiger partial charge in [0.1, 0.15) is 13.2 Å². The summed E-state index contributed by atoms with van der Waals surface area (Å²) < 4.78 is 16.8. The molecule has 0 aromatic rings. The van der Waals surface area contributed by atoms with Crippen LogP contribution in [0.4, 0.5) is 0 Å². The van der Waals surface area contributed by atoms with Crippen LogP contribution in [0.5, 0.6) is 0 Å². The van der Waals surface area contributed by atoms with Crippen LogP contribution in [0.2, 0.25) is 0 Å². The van der Waals surface area contributed by atoms with Crippen LogP contribution in [0.25, 0.3) is 0 Å². The summed E-state index contributed by atoms with van der Waals surface area (Å²) >= 11 is 0. The van der Waals surface area contributed by atoms with Crippen molar-refractivity contribution in [1.82, 2.24) is 0 Å². The van der Waals surface area contributed by atoms with Crippen LogP contribution in [0, 0.1) is 0 Å². The van der Waals surface area contributed by atoms with Crippen LogP contribution >= 0.6 is 0 Å². The van der Waals surface area contributed by atoms with E-state index in [0.717, 1.165) is 122 Å². The third kappa shape index (κ3) is 57.5. The van der Waals surface area contributed by atoms with E-state index in [2.05, 4.69) is 106 Å². The normalized spacial score (nSPS) is 12.7. The molecule has 72 heavy (non-hydrogen) atoms. The molecule has 0 spiro atoms. The van der Waals surface area contributed by atoms with E-state index in [1.807, 2.05) is 0 Å². The van der Waals surface area contributed by atoms with Gasteiger partial charge in [0.2, 0.25) is 0 Å². The first kappa shape index (κ1) is 68.6. The number of esters is 3. The number of carbonyl (C=O) groups is 3. The fourth-order valence-corrected chi connectivity index (χ4v) is 8.53. The first-order valence-electron chi connectivity index (χ1n) is 30.6. The average molecular weight is 1000 g/mol. The van der Waals surface area contributed by atoms with Gasteiger partial charge in [-0.15, -0.1) is 0 Å². The Morgan fingerprint density at radius 3 is 0.917 bits per heavy atom. The van der Waals surface area contributed by atoms with E-state index in [-0.39, 0.29) is 31.1 Å². The summed E-state index contributed by atoms with van der Waals surface area (Å²) in [5, 5.41) is 0. The molecule has 1 atom stereocenters. The Labute approximate surface area is 445 Å². The van der Waals surface area contributed by atoms with E-state index in [4.69, 9.17) is 14.2 Å². The van der Waals surface area contributed by atoms with Crippen molar-refractivity contribution in [2.45, 2.75) is 303 Å². The number of rotatable bonds is 55. The Hall–Kier alpha value is -3.41. The van der Waals surface area contributed by atoms with Gasteiger partial charge in [0.25, 0.3) is 0 Å². The minimum absolute atomic E-state index is 0.0828.